The maximum absolute atomic E-state index is 11.0. The Kier molecular flexibility index (Phi) is 3.99. The third-order valence-corrected chi connectivity index (χ3v) is 0.988. The van der Waals surface area contributed by atoms with Gasteiger partial charge in [0.1, 0.15) is 11.6 Å². The first-order valence-corrected chi connectivity index (χ1v) is 3.80. The van der Waals surface area contributed by atoms with E-state index in [0.29, 0.717) is 6.29 Å². The molecule has 0 spiro atoms. The molecule has 0 heterocycles. The lowest BCUT2D eigenvalue weighted by atomic mass is 10.2. The summed E-state index contributed by atoms with van der Waals surface area (Å²) in [7, 11) is 0. The lowest BCUT2D eigenvalue weighted by molar-refractivity contribution is -0.108. The second kappa shape index (κ2) is 4.51. The van der Waals surface area contributed by atoms with E-state index in [4.69, 9.17) is 11.2 Å². The highest BCUT2D eigenvalue weighted by Gasteiger charge is 2.17. The Morgan fingerprint density at radius 3 is 2.46 bits per heavy atom. The first-order chi connectivity index (χ1) is 5.89. The summed E-state index contributed by atoms with van der Waals surface area (Å²) in [6.45, 7) is 5.16. The molecule has 1 amide bonds. The molecule has 0 rings (SSSR count). The van der Waals surface area contributed by atoms with Crippen LogP contribution < -0.4 is 5.32 Å². The SMILES string of the molecule is C#C[C@H](C=O)NC(=O)OC(C)(C)C. The number of hydrogen-bond acceptors (Lipinski definition) is 3. The molecular formula is C9H13NO3. The quantitative estimate of drug-likeness (QED) is 0.506. The van der Waals surface area contributed by atoms with E-state index >= 15 is 0 Å². The zero-order valence-electron chi connectivity index (χ0n) is 7.96. The highest BCUT2D eigenvalue weighted by atomic mass is 16.6. The van der Waals surface area contributed by atoms with Crippen LogP contribution in [-0.2, 0) is 9.53 Å². The van der Waals surface area contributed by atoms with E-state index < -0.39 is 17.7 Å². The minimum atomic E-state index is -0.921. The van der Waals surface area contributed by atoms with Gasteiger partial charge in [-0.3, -0.25) is 4.79 Å². The summed E-state index contributed by atoms with van der Waals surface area (Å²) in [5.41, 5.74) is -0.591. The van der Waals surface area contributed by atoms with Crippen molar-refractivity contribution in [3.8, 4) is 12.3 Å². The number of rotatable bonds is 2. The van der Waals surface area contributed by atoms with Gasteiger partial charge >= 0.3 is 6.09 Å². The van der Waals surface area contributed by atoms with Gasteiger partial charge in [-0.15, -0.1) is 6.42 Å². The molecule has 0 bridgehead atoms. The van der Waals surface area contributed by atoms with E-state index in [1.54, 1.807) is 20.8 Å². The number of alkyl carbamates (subject to hydrolysis) is 1. The monoisotopic (exact) mass is 183 g/mol. The molecule has 0 saturated carbocycles. The summed E-state index contributed by atoms with van der Waals surface area (Å²) in [5.74, 6) is 2.09. The molecule has 1 N–H and O–H groups in total. The van der Waals surface area contributed by atoms with Gasteiger partial charge in [-0.2, -0.15) is 0 Å². The van der Waals surface area contributed by atoms with Gasteiger partial charge < -0.3 is 10.1 Å². The van der Waals surface area contributed by atoms with Gasteiger partial charge in [0.15, 0.2) is 6.29 Å². The minimum absolute atomic E-state index is 0.462. The van der Waals surface area contributed by atoms with Crippen LogP contribution in [0.3, 0.4) is 0 Å². The molecule has 0 aliphatic heterocycles. The highest BCUT2D eigenvalue weighted by molar-refractivity contribution is 5.75. The van der Waals surface area contributed by atoms with Crippen molar-refractivity contribution in [3.05, 3.63) is 0 Å². The Morgan fingerprint density at radius 2 is 2.15 bits per heavy atom. The minimum Gasteiger partial charge on any atom is -0.444 e. The summed E-state index contributed by atoms with van der Waals surface area (Å²) in [4.78, 5) is 21.2. The van der Waals surface area contributed by atoms with Gasteiger partial charge in [0.05, 0.1) is 0 Å². The number of carbonyl (C=O) groups is 2. The largest absolute Gasteiger partial charge is 0.444 e. The Bertz CT molecular complexity index is 234. The molecule has 4 heteroatoms. The van der Waals surface area contributed by atoms with Crippen LogP contribution in [0.4, 0.5) is 4.79 Å². The van der Waals surface area contributed by atoms with E-state index in [1.807, 2.05) is 0 Å². The number of aldehydes is 1. The molecule has 0 radical (unpaired) electrons. The van der Waals surface area contributed by atoms with Crippen molar-refractivity contribution in [1.29, 1.82) is 0 Å². The van der Waals surface area contributed by atoms with Crippen LogP contribution in [-0.4, -0.2) is 24.0 Å². The number of carbonyl (C=O) groups excluding carboxylic acids is 2. The van der Waals surface area contributed by atoms with Gasteiger partial charge in [0, 0.05) is 0 Å². The third kappa shape index (κ3) is 5.74. The number of nitrogens with one attached hydrogen (secondary N) is 1. The molecule has 0 unspecified atom stereocenters. The molecule has 72 valence electrons. The van der Waals surface area contributed by atoms with Crippen LogP contribution >= 0.6 is 0 Å². The van der Waals surface area contributed by atoms with E-state index in [9.17, 15) is 9.59 Å². The van der Waals surface area contributed by atoms with Crippen molar-refractivity contribution in [2.75, 3.05) is 0 Å². The van der Waals surface area contributed by atoms with E-state index in [1.165, 1.54) is 0 Å². The van der Waals surface area contributed by atoms with Crippen molar-refractivity contribution in [2.24, 2.45) is 0 Å². The fourth-order valence-electron chi connectivity index (χ4n) is 0.549. The topological polar surface area (TPSA) is 55.4 Å². The smallest absolute Gasteiger partial charge is 0.408 e. The third-order valence-electron chi connectivity index (χ3n) is 0.988. The van der Waals surface area contributed by atoms with Crippen molar-refractivity contribution in [1.82, 2.24) is 5.32 Å². The van der Waals surface area contributed by atoms with E-state index in [-0.39, 0.29) is 0 Å². The average Bonchev–Trinajstić information content (AvgIpc) is 1.96. The van der Waals surface area contributed by atoms with Crippen molar-refractivity contribution in [2.45, 2.75) is 32.4 Å². The molecule has 0 aliphatic rings. The Hall–Kier alpha value is -1.50. The molecule has 0 aromatic heterocycles. The second-order valence-electron chi connectivity index (χ2n) is 3.43. The molecule has 1 atom stereocenters. The van der Waals surface area contributed by atoms with Crippen LogP contribution in [0.15, 0.2) is 0 Å². The second-order valence-corrected chi connectivity index (χ2v) is 3.43. The molecule has 0 fully saturated rings. The lowest BCUT2D eigenvalue weighted by Gasteiger charge is -2.20. The van der Waals surface area contributed by atoms with E-state index in [0.717, 1.165) is 0 Å². The molecule has 0 aromatic rings. The predicted molar refractivity (Wildman–Crippen MR) is 48.1 cm³/mol. The van der Waals surface area contributed by atoms with Crippen molar-refractivity contribution in [3.63, 3.8) is 0 Å². The average molecular weight is 183 g/mol. The fourth-order valence-corrected chi connectivity index (χ4v) is 0.549. The molecule has 13 heavy (non-hydrogen) atoms. The maximum atomic E-state index is 11.0. The fraction of sp³-hybridized carbons (Fsp3) is 0.556. The highest BCUT2D eigenvalue weighted by Crippen LogP contribution is 2.06. The number of amides is 1. The Labute approximate surface area is 77.6 Å². The zero-order valence-corrected chi connectivity index (χ0v) is 7.96. The summed E-state index contributed by atoms with van der Waals surface area (Å²) >= 11 is 0. The normalized spacial score (nSPS) is 12.5. The number of hydrogen-bond donors (Lipinski definition) is 1. The molecule has 4 nitrogen and oxygen atoms in total. The predicted octanol–water partition coefficient (Wildman–Crippen LogP) is 0.712. The van der Waals surface area contributed by atoms with Crippen LogP contribution in [0.2, 0.25) is 0 Å². The molecule has 0 saturated heterocycles. The van der Waals surface area contributed by atoms with Gasteiger partial charge in [0.2, 0.25) is 0 Å². The Morgan fingerprint density at radius 1 is 1.62 bits per heavy atom. The van der Waals surface area contributed by atoms with Crippen molar-refractivity contribution >= 4 is 12.4 Å². The summed E-state index contributed by atoms with van der Waals surface area (Å²) < 4.78 is 4.87. The first kappa shape index (κ1) is 11.5. The van der Waals surface area contributed by atoms with E-state index in [2.05, 4.69) is 11.2 Å². The van der Waals surface area contributed by atoms with Gasteiger partial charge in [-0.05, 0) is 20.8 Å². The maximum Gasteiger partial charge on any atom is 0.408 e. The lowest BCUT2D eigenvalue weighted by Crippen LogP contribution is -2.39. The van der Waals surface area contributed by atoms with Crippen molar-refractivity contribution < 1.29 is 14.3 Å². The zero-order chi connectivity index (χ0) is 10.5. The molecule has 0 aromatic carbocycles. The standard InChI is InChI=1S/C9H13NO3/c1-5-7(6-11)10-8(12)13-9(2,3)4/h1,6-7H,2-4H3,(H,10,12)/t7-/m1/s1. The first-order valence-electron chi connectivity index (χ1n) is 3.80. The number of terminal acetylenes is 1. The van der Waals surface area contributed by atoms with Crippen LogP contribution in [0.5, 0.6) is 0 Å². The van der Waals surface area contributed by atoms with Gasteiger partial charge in [0.25, 0.3) is 0 Å². The van der Waals surface area contributed by atoms with Gasteiger partial charge in [-0.25, -0.2) is 4.79 Å². The Balaban J connectivity index is 4.03. The van der Waals surface area contributed by atoms with Crippen LogP contribution in [0.25, 0.3) is 0 Å². The van der Waals surface area contributed by atoms with Gasteiger partial charge in [-0.1, -0.05) is 5.92 Å². The molecule has 0 aliphatic carbocycles. The summed E-state index contributed by atoms with van der Waals surface area (Å²) in [5, 5.41) is 2.21. The summed E-state index contributed by atoms with van der Waals surface area (Å²) in [6.07, 6.45) is 4.71. The molecular weight excluding hydrogens is 170 g/mol. The number of ether oxygens (including phenoxy) is 1. The van der Waals surface area contributed by atoms with Crippen LogP contribution in [0, 0.1) is 12.3 Å². The summed E-state index contributed by atoms with van der Waals surface area (Å²) in [6, 6.07) is -0.921. The van der Waals surface area contributed by atoms with Crippen LogP contribution in [0.1, 0.15) is 20.8 Å².